The highest BCUT2D eigenvalue weighted by molar-refractivity contribution is 5.95. The second kappa shape index (κ2) is 5.49. The number of aromatic nitrogens is 3. The number of likely N-dealkylation sites (tertiary alicyclic amines) is 1. The van der Waals surface area contributed by atoms with Gasteiger partial charge in [-0.25, -0.2) is 4.98 Å². The van der Waals surface area contributed by atoms with Crippen LogP contribution in [0.15, 0.2) is 16.7 Å². The van der Waals surface area contributed by atoms with Gasteiger partial charge in [0.15, 0.2) is 5.82 Å². The Kier molecular flexibility index (Phi) is 3.45. The van der Waals surface area contributed by atoms with Crippen molar-refractivity contribution in [2.75, 3.05) is 13.1 Å². The molecule has 0 saturated carbocycles. The largest absolute Gasteiger partial charge is 0.469 e. The van der Waals surface area contributed by atoms with E-state index in [-0.39, 0.29) is 18.1 Å². The first-order chi connectivity index (χ1) is 11.1. The Morgan fingerprint density at radius 1 is 1.43 bits per heavy atom. The van der Waals surface area contributed by atoms with Gasteiger partial charge in [-0.05, 0) is 38.7 Å². The zero-order valence-electron chi connectivity index (χ0n) is 13.3. The van der Waals surface area contributed by atoms with E-state index in [9.17, 15) is 4.79 Å². The molecule has 7 nitrogen and oxygen atoms in total. The quantitative estimate of drug-likeness (QED) is 0.916. The van der Waals surface area contributed by atoms with Gasteiger partial charge in [-0.15, -0.1) is 0 Å². The number of aryl methyl sites for hydroxylation is 2. The maximum Gasteiger partial charge on any atom is 0.257 e. The molecule has 23 heavy (non-hydrogen) atoms. The monoisotopic (exact) mass is 316 g/mol. The molecule has 0 bridgehead atoms. The summed E-state index contributed by atoms with van der Waals surface area (Å²) in [4.78, 5) is 18.8. The molecular formula is C16H20N4O3. The smallest absolute Gasteiger partial charge is 0.257 e. The van der Waals surface area contributed by atoms with Crippen LogP contribution in [0, 0.1) is 19.8 Å². The first kappa shape index (κ1) is 14.4. The van der Waals surface area contributed by atoms with Crippen molar-refractivity contribution in [3.8, 4) is 0 Å². The number of furan rings is 1. The molecule has 2 aliphatic heterocycles. The lowest BCUT2D eigenvalue weighted by atomic mass is 9.91. The Morgan fingerprint density at radius 2 is 2.30 bits per heavy atom. The summed E-state index contributed by atoms with van der Waals surface area (Å²) >= 11 is 0. The van der Waals surface area contributed by atoms with Crippen LogP contribution in [0.3, 0.4) is 0 Å². The maximum atomic E-state index is 12.6. The van der Waals surface area contributed by atoms with Crippen molar-refractivity contribution in [2.24, 2.45) is 5.92 Å². The Bertz CT molecular complexity index is 722. The summed E-state index contributed by atoms with van der Waals surface area (Å²) in [5.74, 6) is 2.67. The van der Waals surface area contributed by atoms with Gasteiger partial charge in [0.25, 0.3) is 5.91 Å². The zero-order valence-corrected chi connectivity index (χ0v) is 13.3. The van der Waals surface area contributed by atoms with Crippen molar-refractivity contribution in [1.82, 2.24) is 20.1 Å². The number of hydrogen-bond acceptors (Lipinski definition) is 5. The lowest BCUT2D eigenvalue weighted by Gasteiger charge is -2.34. The maximum absolute atomic E-state index is 12.6. The Hall–Kier alpha value is -2.15. The van der Waals surface area contributed by atoms with E-state index >= 15 is 0 Å². The van der Waals surface area contributed by atoms with E-state index in [1.54, 1.807) is 12.3 Å². The average molecular weight is 316 g/mol. The number of carbonyl (C=O) groups excluding carboxylic acids is 1. The van der Waals surface area contributed by atoms with E-state index in [2.05, 4.69) is 15.2 Å². The van der Waals surface area contributed by atoms with Gasteiger partial charge in [0.2, 0.25) is 0 Å². The standard InChI is InChI=1S/C16H20N4O3/c1-9-12(4-6-22-9)16(21)20-5-3-11-7-13(23-14(11)8-20)15-17-10(2)18-19-15/h4,6,11,13-14H,3,5,7-8H2,1-2H3,(H,17,18,19)/t11-,13+,14+/m1/s1. The number of nitrogens with one attached hydrogen (secondary N) is 1. The van der Waals surface area contributed by atoms with Gasteiger partial charge < -0.3 is 14.1 Å². The fourth-order valence-corrected chi connectivity index (χ4v) is 3.56. The number of H-pyrrole nitrogens is 1. The normalized spacial score (nSPS) is 27.2. The van der Waals surface area contributed by atoms with E-state index < -0.39 is 0 Å². The number of hydrogen-bond donors (Lipinski definition) is 1. The topological polar surface area (TPSA) is 84.2 Å². The van der Waals surface area contributed by atoms with Crippen molar-refractivity contribution in [3.63, 3.8) is 0 Å². The molecule has 4 rings (SSSR count). The third-order valence-corrected chi connectivity index (χ3v) is 4.83. The molecule has 1 amide bonds. The second-order valence-corrected chi connectivity index (χ2v) is 6.37. The Morgan fingerprint density at radius 3 is 3.00 bits per heavy atom. The molecule has 2 saturated heterocycles. The molecule has 0 radical (unpaired) electrons. The zero-order chi connectivity index (χ0) is 16.0. The summed E-state index contributed by atoms with van der Waals surface area (Å²) in [5, 5.41) is 7.07. The second-order valence-electron chi connectivity index (χ2n) is 6.37. The molecule has 1 N–H and O–H groups in total. The van der Waals surface area contributed by atoms with Crippen molar-refractivity contribution in [1.29, 1.82) is 0 Å². The summed E-state index contributed by atoms with van der Waals surface area (Å²) < 4.78 is 11.4. The third-order valence-electron chi connectivity index (χ3n) is 4.83. The highest BCUT2D eigenvalue weighted by Crippen LogP contribution is 2.40. The summed E-state index contributed by atoms with van der Waals surface area (Å²) in [6, 6.07) is 1.73. The van der Waals surface area contributed by atoms with Crippen LogP contribution >= 0.6 is 0 Å². The first-order valence-corrected chi connectivity index (χ1v) is 7.99. The van der Waals surface area contributed by atoms with E-state index in [1.807, 2.05) is 18.7 Å². The highest BCUT2D eigenvalue weighted by atomic mass is 16.5. The van der Waals surface area contributed by atoms with Crippen LogP contribution < -0.4 is 0 Å². The van der Waals surface area contributed by atoms with Crippen LogP contribution in [0.25, 0.3) is 0 Å². The number of nitrogens with zero attached hydrogens (tertiary/aromatic N) is 3. The van der Waals surface area contributed by atoms with Crippen LogP contribution in [-0.4, -0.2) is 45.2 Å². The number of aromatic amines is 1. The number of amides is 1. The van der Waals surface area contributed by atoms with Crippen LogP contribution in [0.4, 0.5) is 0 Å². The molecule has 2 aliphatic rings. The van der Waals surface area contributed by atoms with Crippen molar-refractivity contribution < 1.29 is 13.9 Å². The van der Waals surface area contributed by atoms with E-state index in [0.717, 1.165) is 31.0 Å². The van der Waals surface area contributed by atoms with Crippen molar-refractivity contribution in [3.05, 3.63) is 35.3 Å². The molecule has 2 aromatic heterocycles. The van der Waals surface area contributed by atoms with Gasteiger partial charge in [0.1, 0.15) is 17.7 Å². The summed E-state index contributed by atoms with van der Waals surface area (Å²) in [6.07, 6.45) is 3.43. The van der Waals surface area contributed by atoms with E-state index in [1.165, 1.54) is 0 Å². The summed E-state index contributed by atoms with van der Waals surface area (Å²) in [5.41, 5.74) is 0.641. The van der Waals surface area contributed by atoms with Crippen molar-refractivity contribution >= 4 is 5.91 Å². The number of carbonyl (C=O) groups is 1. The molecule has 122 valence electrons. The Labute approximate surface area is 134 Å². The lowest BCUT2D eigenvalue weighted by Crippen LogP contribution is -2.45. The van der Waals surface area contributed by atoms with Gasteiger partial charge in [-0.2, -0.15) is 5.10 Å². The van der Waals surface area contributed by atoms with Gasteiger partial charge in [0.05, 0.1) is 17.9 Å². The minimum absolute atomic E-state index is 0.0236. The predicted molar refractivity (Wildman–Crippen MR) is 80.8 cm³/mol. The molecule has 4 heterocycles. The van der Waals surface area contributed by atoms with Gasteiger partial charge in [0, 0.05) is 13.1 Å². The number of fused-ring (bicyclic) bond motifs is 1. The van der Waals surface area contributed by atoms with Gasteiger partial charge >= 0.3 is 0 Å². The molecule has 0 aromatic carbocycles. The summed E-state index contributed by atoms with van der Waals surface area (Å²) in [7, 11) is 0. The SMILES string of the molecule is Cc1nc([C@@H]2C[C@H]3CCN(C(=O)c4ccoc4C)C[C@@H]3O2)n[nH]1. The molecule has 0 unspecified atom stereocenters. The van der Waals surface area contributed by atoms with Crippen LogP contribution in [0.1, 0.15) is 46.7 Å². The lowest BCUT2D eigenvalue weighted by molar-refractivity contribution is -0.00687. The van der Waals surface area contributed by atoms with Gasteiger partial charge in [-0.3, -0.25) is 9.89 Å². The number of rotatable bonds is 2. The van der Waals surface area contributed by atoms with Crippen LogP contribution in [0.2, 0.25) is 0 Å². The molecule has 0 aliphatic carbocycles. The average Bonchev–Trinajstić information content (AvgIpc) is 3.24. The minimum Gasteiger partial charge on any atom is -0.469 e. The van der Waals surface area contributed by atoms with Crippen molar-refractivity contribution in [2.45, 2.75) is 38.9 Å². The van der Waals surface area contributed by atoms with Crippen LogP contribution in [0.5, 0.6) is 0 Å². The number of ether oxygens (including phenoxy) is 1. The predicted octanol–water partition coefficient (Wildman–Crippen LogP) is 2.01. The molecule has 7 heteroatoms. The minimum atomic E-state index is -0.0688. The van der Waals surface area contributed by atoms with Crippen LogP contribution in [-0.2, 0) is 4.74 Å². The fourth-order valence-electron chi connectivity index (χ4n) is 3.56. The molecule has 2 aromatic rings. The van der Waals surface area contributed by atoms with E-state index in [4.69, 9.17) is 9.15 Å². The highest BCUT2D eigenvalue weighted by Gasteiger charge is 2.42. The molecule has 0 spiro atoms. The van der Waals surface area contributed by atoms with Gasteiger partial charge in [-0.1, -0.05) is 0 Å². The molecular weight excluding hydrogens is 296 g/mol. The first-order valence-electron chi connectivity index (χ1n) is 7.99. The van der Waals surface area contributed by atoms with E-state index in [0.29, 0.717) is 23.8 Å². The Balaban J connectivity index is 1.45. The fraction of sp³-hybridized carbons (Fsp3) is 0.562. The molecule has 2 fully saturated rings. The molecule has 3 atom stereocenters. The third kappa shape index (κ3) is 2.55. The number of piperidine rings is 1. The summed E-state index contributed by atoms with van der Waals surface area (Å²) in [6.45, 7) is 5.07.